The van der Waals surface area contributed by atoms with Gasteiger partial charge in [0.15, 0.2) is 0 Å². The monoisotopic (exact) mass is 338 g/mol. The van der Waals surface area contributed by atoms with Crippen molar-refractivity contribution in [3.8, 4) is 5.75 Å². The smallest absolute Gasteiger partial charge is 0.377 e. The van der Waals surface area contributed by atoms with Crippen LogP contribution >= 0.6 is 23.5 Å². The Bertz CT molecular complexity index is 657. The van der Waals surface area contributed by atoms with Crippen LogP contribution in [0.2, 0.25) is 0 Å². The molecule has 0 saturated carbocycles. The van der Waals surface area contributed by atoms with Crippen LogP contribution in [0.4, 0.5) is 0 Å². The Labute approximate surface area is 119 Å². The molecule has 1 aliphatic heterocycles. The van der Waals surface area contributed by atoms with Crippen molar-refractivity contribution in [1.82, 2.24) is 0 Å². The molecule has 0 bridgehead atoms. The predicted octanol–water partition coefficient (Wildman–Crippen LogP) is 4.16. The van der Waals surface area contributed by atoms with Gasteiger partial charge >= 0.3 is 7.60 Å². The summed E-state index contributed by atoms with van der Waals surface area (Å²) in [5, 5.41) is 0. The number of fused-ring (bicyclic) bond motifs is 1. The van der Waals surface area contributed by atoms with Crippen molar-refractivity contribution in [2.75, 3.05) is 6.16 Å². The molecule has 1 unspecified atom stereocenters. The molecule has 3 nitrogen and oxygen atoms in total. The molecule has 0 spiro atoms. The average molecular weight is 339 g/mol. The van der Waals surface area contributed by atoms with Gasteiger partial charge in [-0.05, 0) is 17.7 Å². The molecule has 1 N–H and O–H groups in total. The van der Waals surface area contributed by atoms with Crippen LogP contribution in [0.5, 0.6) is 5.75 Å². The molecule has 0 fully saturated rings. The summed E-state index contributed by atoms with van der Waals surface area (Å²) in [6.45, 7) is 0. The summed E-state index contributed by atoms with van der Waals surface area (Å²) in [6.07, 6.45) is 0.117. The lowest BCUT2D eigenvalue weighted by Gasteiger charge is -2.29. The van der Waals surface area contributed by atoms with E-state index in [1.807, 2.05) is 42.5 Å². The Morgan fingerprint density at radius 2 is 1.95 bits per heavy atom. The van der Waals surface area contributed by atoms with Gasteiger partial charge in [-0.1, -0.05) is 52.3 Å². The van der Waals surface area contributed by atoms with Gasteiger partial charge in [0, 0.05) is 16.0 Å². The van der Waals surface area contributed by atoms with Crippen molar-refractivity contribution in [2.45, 2.75) is 5.92 Å². The molecule has 1 aliphatic rings. The Kier molecular flexibility index (Phi) is 3.25. The van der Waals surface area contributed by atoms with Crippen molar-refractivity contribution in [3.63, 3.8) is 0 Å². The summed E-state index contributed by atoms with van der Waals surface area (Å²) in [7, 11) is -3.58. The largest absolute Gasteiger partial charge is 0.424 e. The molecule has 0 aliphatic carbocycles. The maximum absolute atomic E-state index is 12.0. The van der Waals surface area contributed by atoms with E-state index in [0.29, 0.717) is 5.75 Å². The standard InChI is InChI=1S/C14H12BrO3P/c15-11-6-7-12-13(10-4-2-1-3-5-10)9-19(16,17)18-14(12)8-11/h1-8,13H,9H2,(H,16,17)/t13-/m1/s1. The summed E-state index contributed by atoms with van der Waals surface area (Å²) in [5.41, 5.74) is 1.98. The summed E-state index contributed by atoms with van der Waals surface area (Å²) < 4.78 is 18.1. The number of hydrogen-bond donors (Lipinski definition) is 1. The number of halogens is 1. The molecule has 1 heterocycles. The molecule has 3 rings (SSSR count). The van der Waals surface area contributed by atoms with Crippen molar-refractivity contribution in [2.24, 2.45) is 0 Å². The highest BCUT2D eigenvalue weighted by molar-refractivity contribution is 9.10. The SMILES string of the molecule is O=P1(O)C[C@H](c2ccccc2)c2ccc(Br)cc2O1. The van der Waals surface area contributed by atoms with Crippen molar-refractivity contribution < 1.29 is 14.0 Å². The second-order valence-electron chi connectivity index (χ2n) is 4.56. The van der Waals surface area contributed by atoms with E-state index >= 15 is 0 Å². The van der Waals surface area contributed by atoms with Crippen LogP contribution in [0.3, 0.4) is 0 Å². The lowest BCUT2D eigenvalue weighted by molar-refractivity contribution is 0.365. The zero-order chi connectivity index (χ0) is 13.5. The highest BCUT2D eigenvalue weighted by Gasteiger charge is 2.36. The Hall–Kier alpha value is -1.09. The molecular weight excluding hydrogens is 327 g/mol. The Morgan fingerprint density at radius 3 is 2.68 bits per heavy atom. The van der Waals surface area contributed by atoms with Crippen molar-refractivity contribution >= 4 is 23.5 Å². The zero-order valence-electron chi connectivity index (χ0n) is 9.99. The van der Waals surface area contributed by atoms with Gasteiger partial charge in [0.1, 0.15) is 5.75 Å². The van der Waals surface area contributed by atoms with Gasteiger partial charge in [-0.3, -0.25) is 0 Å². The van der Waals surface area contributed by atoms with Gasteiger partial charge in [-0.25, -0.2) is 4.57 Å². The van der Waals surface area contributed by atoms with Crippen LogP contribution in [0.1, 0.15) is 17.0 Å². The van der Waals surface area contributed by atoms with Crippen molar-refractivity contribution in [3.05, 3.63) is 64.1 Å². The second-order valence-corrected chi connectivity index (χ2v) is 7.30. The topological polar surface area (TPSA) is 46.5 Å². The first-order chi connectivity index (χ1) is 9.05. The summed E-state index contributed by atoms with van der Waals surface area (Å²) in [6, 6.07) is 15.4. The lowest BCUT2D eigenvalue weighted by atomic mass is 9.92. The van der Waals surface area contributed by atoms with Crippen LogP contribution in [-0.4, -0.2) is 11.1 Å². The fourth-order valence-electron chi connectivity index (χ4n) is 2.37. The fourth-order valence-corrected chi connectivity index (χ4v) is 4.11. The Morgan fingerprint density at radius 1 is 1.21 bits per heavy atom. The van der Waals surface area contributed by atoms with E-state index in [9.17, 15) is 9.46 Å². The maximum atomic E-state index is 12.0. The predicted molar refractivity (Wildman–Crippen MR) is 77.7 cm³/mol. The van der Waals surface area contributed by atoms with Gasteiger partial charge in [0.2, 0.25) is 0 Å². The quantitative estimate of drug-likeness (QED) is 0.794. The van der Waals surface area contributed by atoms with E-state index in [2.05, 4.69) is 15.9 Å². The summed E-state index contributed by atoms with van der Waals surface area (Å²) >= 11 is 3.35. The fraction of sp³-hybridized carbons (Fsp3) is 0.143. The van der Waals surface area contributed by atoms with E-state index in [0.717, 1.165) is 15.6 Å². The first kappa shape index (κ1) is 12.9. The number of rotatable bonds is 1. The van der Waals surface area contributed by atoms with Crippen LogP contribution in [0.15, 0.2) is 53.0 Å². The lowest BCUT2D eigenvalue weighted by Crippen LogP contribution is -2.16. The van der Waals surface area contributed by atoms with Gasteiger partial charge < -0.3 is 9.42 Å². The molecule has 2 aromatic rings. The van der Waals surface area contributed by atoms with E-state index in [1.165, 1.54) is 0 Å². The van der Waals surface area contributed by atoms with E-state index in [4.69, 9.17) is 4.52 Å². The molecule has 0 amide bonds. The third kappa shape index (κ3) is 2.62. The summed E-state index contributed by atoms with van der Waals surface area (Å²) in [5.74, 6) is 0.384. The minimum atomic E-state index is -3.58. The molecule has 19 heavy (non-hydrogen) atoms. The molecule has 0 aromatic heterocycles. The van der Waals surface area contributed by atoms with Crippen LogP contribution in [0.25, 0.3) is 0 Å². The third-order valence-corrected chi connectivity index (χ3v) is 5.01. The van der Waals surface area contributed by atoms with Gasteiger partial charge in [0.25, 0.3) is 0 Å². The molecule has 0 radical (unpaired) electrons. The highest BCUT2D eigenvalue weighted by Crippen LogP contribution is 2.55. The average Bonchev–Trinajstić information content (AvgIpc) is 2.37. The second kappa shape index (κ2) is 4.78. The molecule has 98 valence electrons. The van der Waals surface area contributed by atoms with E-state index in [-0.39, 0.29) is 12.1 Å². The third-order valence-electron chi connectivity index (χ3n) is 3.21. The minimum absolute atomic E-state index is 0.103. The maximum Gasteiger partial charge on any atom is 0.377 e. The van der Waals surface area contributed by atoms with Crippen LogP contribution < -0.4 is 4.52 Å². The van der Waals surface area contributed by atoms with Gasteiger partial charge in [0.05, 0.1) is 6.16 Å². The Balaban J connectivity index is 2.14. The summed E-state index contributed by atoms with van der Waals surface area (Å²) in [4.78, 5) is 9.86. The molecular formula is C14H12BrO3P. The van der Waals surface area contributed by atoms with E-state index < -0.39 is 7.60 Å². The highest BCUT2D eigenvalue weighted by atomic mass is 79.9. The normalized spacial score (nSPS) is 25.5. The van der Waals surface area contributed by atoms with Gasteiger partial charge in [-0.15, -0.1) is 0 Å². The molecule has 0 saturated heterocycles. The first-order valence-electron chi connectivity index (χ1n) is 5.91. The van der Waals surface area contributed by atoms with Crippen molar-refractivity contribution in [1.29, 1.82) is 0 Å². The molecule has 5 heteroatoms. The van der Waals surface area contributed by atoms with Crippen LogP contribution in [0, 0.1) is 0 Å². The first-order valence-corrected chi connectivity index (χ1v) is 8.46. The number of benzene rings is 2. The molecule has 2 atom stereocenters. The zero-order valence-corrected chi connectivity index (χ0v) is 12.5. The molecule has 2 aromatic carbocycles. The number of hydrogen-bond acceptors (Lipinski definition) is 2. The van der Waals surface area contributed by atoms with Gasteiger partial charge in [-0.2, -0.15) is 0 Å². The van der Waals surface area contributed by atoms with E-state index in [1.54, 1.807) is 6.07 Å². The van der Waals surface area contributed by atoms with Crippen LogP contribution in [-0.2, 0) is 4.57 Å². The minimum Gasteiger partial charge on any atom is -0.424 e.